The lowest BCUT2D eigenvalue weighted by Gasteiger charge is -2.42. The van der Waals surface area contributed by atoms with Crippen molar-refractivity contribution in [3.8, 4) is 0 Å². The van der Waals surface area contributed by atoms with E-state index in [-0.39, 0.29) is 11.6 Å². The van der Waals surface area contributed by atoms with Crippen molar-refractivity contribution in [3.63, 3.8) is 0 Å². The molecule has 1 amide bonds. The molecule has 0 spiro atoms. The molecule has 2 aliphatic rings. The van der Waals surface area contributed by atoms with Crippen molar-refractivity contribution in [3.05, 3.63) is 0 Å². The van der Waals surface area contributed by atoms with Crippen LogP contribution >= 0.6 is 0 Å². The van der Waals surface area contributed by atoms with Gasteiger partial charge in [-0.3, -0.25) is 0 Å². The maximum Gasteiger partial charge on any atom is 0.410 e. The molecule has 23 heavy (non-hydrogen) atoms. The lowest BCUT2D eigenvalue weighted by molar-refractivity contribution is 0.0152. The van der Waals surface area contributed by atoms with Gasteiger partial charge in [-0.25, -0.2) is 4.79 Å². The van der Waals surface area contributed by atoms with Crippen molar-refractivity contribution < 1.29 is 9.53 Å². The fourth-order valence-corrected chi connectivity index (χ4v) is 3.45. The molecule has 2 aliphatic heterocycles. The van der Waals surface area contributed by atoms with Crippen LogP contribution in [0.2, 0.25) is 0 Å². The largest absolute Gasteiger partial charge is 0.444 e. The molecule has 1 N–H and O–H groups in total. The van der Waals surface area contributed by atoms with Crippen LogP contribution in [0.1, 0.15) is 59.8 Å². The van der Waals surface area contributed by atoms with Crippen LogP contribution in [0.15, 0.2) is 0 Å². The third-order valence-electron chi connectivity index (χ3n) is 5.20. The molecule has 2 heterocycles. The van der Waals surface area contributed by atoms with E-state index in [4.69, 9.17) is 4.74 Å². The molecular weight excluding hydrogens is 290 g/mol. The van der Waals surface area contributed by atoms with Crippen molar-refractivity contribution >= 4 is 6.09 Å². The van der Waals surface area contributed by atoms with Gasteiger partial charge in [-0.2, -0.15) is 0 Å². The second-order valence-corrected chi connectivity index (χ2v) is 8.54. The van der Waals surface area contributed by atoms with Crippen LogP contribution < -0.4 is 5.32 Å². The monoisotopic (exact) mass is 325 g/mol. The molecule has 0 aromatic rings. The normalized spacial score (nSPS) is 26.1. The van der Waals surface area contributed by atoms with E-state index >= 15 is 0 Å². The van der Waals surface area contributed by atoms with E-state index in [1.807, 2.05) is 25.7 Å². The van der Waals surface area contributed by atoms with Crippen LogP contribution in [-0.2, 0) is 4.74 Å². The molecule has 2 saturated heterocycles. The Labute approximate surface area is 141 Å². The summed E-state index contributed by atoms with van der Waals surface area (Å²) in [6.07, 6.45) is 5.77. The molecule has 1 unspecified atom stereocenters. The molecule has 2 fully saturated rings. The second kappa shape index (κ2) is 7.39. The molecule has 0 aromatic carbocycles. The van der Waals surface area contributed by atoms with Crippen LogP contribution in [0.5, 0.6) is 0 Å². The molecule has 1 atom stereocenters. The Morgan fingerprint density at radius 3 is 2.43 bits per heavy atom. The molecule has 5 heteroatoms. The zero-order valence-electron chi connectivity index (χ0n) is 15.7. The van der Waals surface area contributed by atoms with Gasteiger partial charge in [0, 0.05) is 31.2 Å². The Morgan fingerprint density at radius 1 is 1.22 bits per heavy atom. The van der Waals surface area contributed by atoms with Gasteiger partial charge in [-0.15, -0.1) is 0 Å². The molecule has 0 bridgehead atoms. The third-order valence-corrected chi connectivity index (χ3v) is 5.20. The Hall–Kier alpha value is -0.810. The SMILES string of the molecule is CN1CCCCC1CNC1(C)CCN(C(=O)OC(C)(C)C)CC1. The molecule has 0 aromatic heterocycles. The predicted octanol–water partition coefficient (Wildman–Crippen LogP) is 2.85. The standard InChI is InChI=1S/C18H35N3O2/c1-17(2,3)23-16(22)21-12-9-18(4,10-13-21)19-14-15-8-6-7-11-20(15)5/h15,19H,6-14H2,1-5H3. The number of amides is 1. The number of nitrogens with one attached hydrogen (secondary N) is 1. The van der Waals surface area contributed by atoms with Crippen LogP contribution in [-0.4, -0.2) is 66.3 Å². The highest BCUT2D eigenvalue weighted by Crippen LogP contribution is 2.24. The number of piperidine rings is 2. The van der Waals surface area contributed by atoms with Crippen molar-refractivity contribution in [1.29, 1.82) is 0 Å². The Balaban J connectivity index is 1.77. The van der Waals surface area contributed by atoms with Crippen molar-refractivity contribution in [2.75, 3.05) is 33.2 Å². The van der Waals surface area contributed by atoms with Crippen molar-refractivity contribution in [2.24, 2.45) is 0 Å². The zero-order chi connectivity index (χ0) is 17.1. The van der Waals surface area contributed by atoms with Crippen LogP contribution in [0.4, 0.5) is 4.79 Å². The van der Waals surface area contributed by atoms with Crippen LogP contribution in [0.25, 0.3) is 0 Å². The average Bonchev–Trinajstić information content (AvgIpc) is 2.45. The summed E-state index contributed by atoms with van der Waals surface area (Å²) in [5, 5.41) is 3.79. The quantitative estimate of drug-likeness (QED) is 0.866. The first-order chi connectivity index (χ1) is 10.7. The van der Waals surface area contributed by atoms with E-state index in [1.165, 1.54) is 25.8 Å². The minimum atomic E-state index is -0.415. The molecule has 0 saturated carbocycles. The van der Waals surface area contributed by atoms with Gasteiger partial charge >= 0.3 is 6.09 Å². The first kappa shape index (κ1) is 18.5. The van der Waals surface area contributed by atoms with Gasteiger partial charge in [-0.1, -0.05) is 6.42 Å². The van der Waals surface area contributed by atoms with Gasteiger partial charge in [0.05, 0.1) is 0 Å². The number of hydrogen-bond acceptors (Lipinski definition) is 4. The second-order valence-electron chi connectivity index (χ2n) is 8.54. The molecule has 0 aliphatic carbocycles. The number of rotatable bonds is 3. The summed E-state index contributed by atoms with van der Waals surface area (Å²) in [6, 6.07) is 0.657. The number of nitrogens with zero attached hydrogens (tertiary/aromatic N) is 2. The number of likely N-dealkylation sites (tertiary alicyclic amines) is 2. The lowest BCUT2D eigenvalue weighted by atomic mass is 9.89. The van der Waals surface area contributed by atoms with E-state index in [0.29, 0.717) is 6.04 Å². The topological polar surface area (TPSA) is 44.8 Å². The van der Waals surface area contributed by atoms with Crippen LogP contribution in [0, 0.1) is 0 Å². The first-order valence-electron chi connectivity index (χ1n) is 9.12. The van der Waals surface area contributed by atoms with Gasteiger partial charge in [-0.05, 0) is 67.0 Å². The predicted molar refractivity (Wildman–Crippen MR) is 93.7 cm³/mol. The summed E-state index contributed by atoms with van der Waals surface area (Å²) < 4.78 is 5.47. The molecule has 2 rings (SSSR count). The summed E-state index contributed by atoms with van der Waals surface area (Å²) in [4.78, 5) is 16.5. The van der Waals surface area contributed by atoms with Crippen LogP contribution in [0.3, 0.4) is 0 Å². The maximum atomic E-state index is 12.1. The molecular formula is C18H35N3O2. The fraction of sp³-hybridized carbons (Fsp3) is 0.944. The summed E-state index contributed by atoms with van der Waals surface area (Å²) >= 11 is 0. The average molecular weight is 325 g/mol. The number of hydrogen-bond donors (Lipinski definition) is 1. The van der Waals surface area contributed by atoms with E-state index in [9.17, 15) is 4.79 Å². The molecule has 5 nitrogen and oxygen atoms in total. The van der Waals surface area contributed by atoms with Gasteiger partial charge in [0.2, 0.25) is 0 Å². The Bertz CT molecular complexity index is 398. The van der Waals surface area contributed by atoms with Gasteiger partial charge in [0.25, 0.3) is 0 Å². The smallest absolute Gasteiger partial charge is 0.410 e. The maximum absolute atomic E-state index is 12.1. The number of carbonyl (C=O) groups excluding carboxylic acids is 1. The van der Waals surface area contributed by atoms with E-state index in [1.54, 1.807) is 0 Å². The highest BCUT2D eigenvalue weighted by Gasteiger charge is 2.34. The van der Waals surface area contributed by atoms with Gasteiger partial charge in [0.1, 0.15) is 5.60 Å². The first-order valence-corrected chi connectivity index (χ1v) is 9.12. The number of carbonyl (C=O) groups is 1. The van der Waals surface area contributed by atoms with E-state index < -0.39 is 5.60 Å². The highest BCUT2D eigenvalue weighted by molar-refractivity contribution is 5.68. The minimum Gasteiger partial charge on any atom is -0.444 e. The molecule has 0 radical (unpaired) electrons. The van der Waals surface area contributed by atoms with Crippen molar-refractivity contribution in [2.45, 2.75) is 77.0 Å². The lowest BCUT2D eigenvalue weighted by Crippen LogP contribution is -2.56. The van der Waals surface area contributed by atoms with Gasteiger partial charge < -0.3 is 19.9 Å². The van der Waals surface area contributed by atoms with Crippen molar-refractivity contribution in [1.82, 2.24) is 15.1 Å². The zero-order valence-corrected chi connectivity index (χ0v) is 15.7. The fourth-order valence-electron chi connectivity index (χ4n) is 3.45. The Kier molecular flexibility index (Phi) is 5.95. The Morgan fingerprint density at radius 2 is 1.87 bits per heavy atom. The number of likely N-dealkylation sites (N-methyl/N-ethyl adjacent to an activating group) is 1. The number of ether oxygens (including phenoxy) is 1. The van der Waals surface area contributed by atoms with Gasteiger partial charge in [0.15, 0.2) is 0 Å². The summed E-state index contributed by atoms with van der Waals surface area (Å²) in [5.41, 5.74) is -0.279. The minimum absolute atomic E-state index is 0.136. The van der Waals surface area contributed by atoms with E-state index in [0.717, 1.165) is 32.5 Å². The van der Waals surface area contributed by atoms with E-state index in [2.05, 4.69) is 24.2 Å². The third kappa shape index (κ3) is 5.64. The summed E-state index contributed by atoms with van der Waals surface area (Å²) in [7, 11) is 2.24. The molecule has 134 valence electrons. The highest BCUT2D eigenvalue weighted by atomic mass is 16.6. The summed E-state index contributed by atoms with van der Waals surface area (Å²) in [6.45, 7) is 11.9. The summed E-state index contributed by atoms with van der Waals surface area (Å²) in [5.74, 6) is 0.